The molecule has 170 valence electrons. The molecule has 3 rings (SSSR count). The zero-order valence-corrected chi connectivity index (χ0v) is 19.8. The number of benzene rings is 2. The number of ether oxygens (including phenoxy) is 2. The van der Waals surface area contributed by atoms with Crippen molar-refractivity contribution in [2.45, 2.75) is 26.8 Å². The van der Waals surface area contributed by atoms with Crippen LogP contribution in [-0.4, -0.2) is 55.5 Å². The van der Waals surface area contributed by atoms with Crippen LogP contribution in [0.1, 0.15) is 22.5 Å². The number of rotatable bonds is 8. The molecule has 0 fully saturated rings. The van der Waals surface area contributed by atoms with Gasteiger partial charge in [0.2, 0.25) is 0 Å². The summed E-state index contributed by atoms with van der Waals surface area (Å²) < 4.78 is 12.7. The average molecular weight is 436 g/mol. The maximum Gasteiger partial charge on any atom is 0.193 e. The van der Waals surface area contributed by atoms with Crippen molar-refractivity contribution in [3.63, 3.8) is 0 Å². The summed E-state index contributed by atoms with van der Waals surface area (Å²) in [5, 5.41) is 8.13. The van der Waals surface area contributed by atoms with Crippen molar-refractivity contribution < 1.29 is 9.47 Å². The largest absolute Gasteiger partial charge is 0.493 e. The van der Waals surface area contributed by atoms with Gasteiger partial charge in [-0.3, -0.25) is 4.99 Å². The van der Waals surface area contributed by atoms with Crippen LogP contribution in [0.15, 0.2) is 53.5 Å². The highest BCUT2D eigenvalue weighted by Gasteiger charge is 2.12. The van der Waals surface area contributed by atoms with Crippen molar-refractivity contribution in [3.05, 3.63) is 71.0 Å². The van der Waals surface area contributed by atoms with E-state index in [1.54, 1.807) is 14.2 Å². The summed E-state index contributed by atoms with van der Waals surface area (Å²) in [6.45, 7) is 5.56. The first-order valence-corrected chi connectivity index (χ1v) is 10.7. The zero-order valence-electron chi connectivity index (χ0n) is 19.8. The molecule has 0 bridgehead atoms. The number of aliphatic imine (C=N–C) groups is 1. The predicted octanol–water partition coefficient (Wildman–Crippen LogP) is 3.76. The molecule has 0 unspecified atom stereocenters. The van der Waals surface area contributed by atoms with Crippen molar-refractivity contribution in [1.29, 1.82) is 0 Å². The lowest BCUT2D eigenvalue weighted by Crippen LogP contribution is -2.39. The van der Waals surface area contributed by atoms with E-state index in [-0.39, 0.29) is 0 Å². The third-order valence-corrected chi connectivity index (χ3v) is 5.42. The number of aromatic nitrogens is 2. The normalized spacial score (nSPS) is 11.4. The number of hydrogen-bond donors (Lipinski definition) is 1. The van der Waals surface area contributed by atoms with Gasteiger partial charge in [0.1, 0.15) is 0 Å². The number of likely N-dealkylation sites (N-methyl/N-ethyl adjacent to an activating group) is 1. The second-order valence-electron chi connectivity index (χ2n) is 7.73. The highest BCUT2D eigenvalue weighted by atomic mass is 16.5. The molecule has 2 aromatic carbocycles. The number of nitrogens with zero attached hydrogens (tertiary/aromatic N) is 4. The van der Waals surface area contributed by atoms with Crippen molar-refractivity contribution in [1.82, 2.24) is 20.0 Å². The van der Waals surface area contributed by atoms with Gasteiger partial charge in [-0.2, -0.15) is 5.10 Å². The number of guanidine groups is 1. The molecule has 0 radical (unpaired) electrons. The molecule has 0 aliphatic rings. The molecule has 0 aliphatic heterocycles. The fourth-order valence-electron chi connectivity index (χ4n) is 3.74. The van der Waals surface area contributed by atoms with E-state index in [1.165, 1.54) is 5.56 Å². The first kappa shape index (κ1) is 23.2. The summed E-state index contributed by atoms with van der Waals surface area (Å²) in [4.78, 5) is 6.59. The number of nitrogens with one attached hydrogen (secondary N) is 1. The summed E-state index contributed by atoms with van der Waals surface area (Å²) in [7, 11) is 7.16. The van der Waals surface area contributed by atoms with E-state index in [4.69, 9.17) is 9.47 Å². The van der Waals surface area contributed by atoms with Crippen LogP contribution in [0.5, 0.6) is 11.5 Å². The highest BCUT2D eigenvalue weighted by Crippen LogP contribution is 2.27. The number of hydrogen-bond acceptors (Lipinski definition) is 4. The second-order valence-corrected chi connectivity index (χ2v) is 7.73. The van der Waals surface area contributed by atoms with Crippen LogP contribution in [0.2, 0.25) is 0 Å². The third kappa shape index (κ3) is 5.41. The van der Waals surface area contributed by atoms with Gasteiger partial charge in [-0.25, -0.2) is 4.68 Å². The van der Waals surface area contributed by atoms with Crippen LogP contribution in [0.25, 0.3) is 5.69 Å². The molecule has 0 atom stereocenters. The van der Waals surface area contributed by atoms with Crippen molar-refractivity contribution in [2.75, 3.05) is 34.9 Å². The van der Waals surface area contributed by atoms with Crippen molar-refractivity contribution in [2.24, 2.45) is 4.99 Å². The van der Waals surface area contributed by atoms with E-state index < -0.39 is 0 Å². The minimum atomic E-state index is 0.655. The molecule has 1 aromatic heterocycles. The Bertz CT molecular complexity index is 1070. The lowest BCUT2D eigenvalue weighted by molar-refractivity contribution is 0.354. The van der Waals surface area contributed by atoms with Crippen molar-refractivity contribution in [3.8, 4) is 17.2 Å². The van der Waals surface area contributed by atoms with E-state index in [0.717, 1.165) is 53.1 Å². The Kier molecular flexibility index (Phi) is 7.76. The van der Waals surface area contributed by atoms with Gasteiger partial charge < -0.3 is 19.7 Å². The lowest BCUT2D eigenvalue weighted by atomic mass is 10.1. The SMILES string of the molecule is CN=C(NCc1ccccc1-n1nc(C)cc1C)N(C)CCc1ccc(OC)c(OC)c1. The predicted molar refractivity (Wildman–Crippen MR) is 129 cm³/mol. The van der Waals surface area contributed by atoms with Gasteiger partial charge in [-0.15, -0.1) is 0 Å². The fraction of sp³-hybridized carbons (Fsp3) is 0.360. The van der Waals surface area contributed by atoms with Crippen LogP contribution in [0, 0.1) is 13.8 Å². The Morgan fingerprint density at radius 1 is 1.06 bits per heavy atom. The summed E-state index contributed by atoms with van der Waals surface area (Å²) in [5.41, 5.74) is 5.55. The van der Waals surface area contributed by atoms with Crippen molar-refractivity contribution >= 4 is 5.96 Å². The fourth-order valence-corrected chi connectivity index (χ4v) is 3.74. The van der Waals surface area contributed by atoms with Gasteiger partial charge >= 0.3 is 0 Å². The number of para-hydroxylation sites is 1. The molecule has 1 heterocycles. The summed E-state index contributed by atoms with van der Waals surface area (Å²) in [5.74, 6) is 2.33. The Balaban J connectivity index is 1.65. The standard InChI is InChI=1S/C25H33N5O2/c1-18-15-19(2)30(28-18)22-10-8-7-9-21(22)17-27-25(26-3)29(4)14-13-20-11-12-23(31-5)24(16-20)32-6/h7-12,15-16H,13-14,17H2,1-6H3,(H,26,27). The van der Waals surface area contributed by atoms with Gasteiger partial charge in [-0.05, 0) is 55.7 Å². The monoisotopic (exact) mass is 435 g/mol. The molecular weight excluding hydrogens is 402 g/mol. The molecule has 32 heavy (non-hydrogen) atoms. The Morgan fingerprint density at radius 3 is 2.47 bits per heavy atom. The Morgan fingerprint density at radius 2 is 1.81 bits per heavy atom. The van der Waals surface area contributed by atoms with E-state index >= 15 is 0 Å². The van der Waals surface area contributed by atoms with Crippen LogP contribution in [0.4, 0.5) is 0 Å². The van der Waals surface area contributed by atoms with Crippen LogP contribution < -0.4 is 14.8 Å². The maximum atomic E-state index is 5.42. The summed E-state index contributed by atoms with van der Waals surface area (Å²) in [6, 6.07) is 16.4. The molecule has 1 N–H and O–H groups in total. The van der Waals surface area contributed by atoms with Crippen LogP contribution >= 0.6 is 0 Å². The average Bonchev–Trinajstić information content (AvgIpc) is 3.15. The summed E-state index contributed by atoms with van der Waals surface area (Å²) >= 11 is 0. The first-order valence-electron chi connectivity index (χ1n) is 10.7. The van der Waals surface area contributed by atoms with Crippen LogP contribution in [-0.2, 0) is 13.0 Å². The van der Waals surface area contributed by atoms with E-state index in [0.29, 0.717) is 6.54 Å². The molecule has 0 aliphatic carbocycles. The van der Waals surface area contributed by atoms with E-state index in [1.807, 2.05) is 43.9 Å². The minimum Gasteiger partial charge on any atom is -0.493 e. The second kappa shape index (κ2) is 10.7. The lowest BCUT2D eigenvalue weighted by Gasteiger charge is -2.23. The molecule has 0 spiro atoms. The number of methoxy groups -OCH3 is 2. The molecular formula is C25H33N5O2. The van der Waals surface area contributed by atoms with E-state index in [2.05, 4.69) is 57.6 Å². The quantitative estimate of drug-likeness (QED) is 0.431. The molecule has 3 aromatic rings. The Hall–Kier alpha value is -3.48. The highest BCUT2D eigenvalue weighted by molar-refractivity contribution is 5.79. The topological polar surface area (TPSA) is 63.9 Å². The van der Waals surface area contributed by atoms with E-state index in [9.17, 15) is 0 Å². The maximum absolute atomic E-state index is 5.42. The van der Waals surface area contributed by atoms with Crippen LogP contribution in [0.3, 0.4) is 0 Å². The molecule has 0 amide bonds. The molecule has 0 saturated carbocycles. The first-order chi connectivity index (χ1) is 15.5. The number of aryl methyl sites for hydroxylation is 2. The minimum absolute atomic E-state index is 0.655. The third-order valence-electron chi connectivity index (χ3n) is 5.42. The molecule has 7 nitrogen and oxygen atoms in total. The smallest absolute Gasteiger partial charge is 0.193 e. The van der Waals surface area contributed by atoms with Gasteiger partial charge in [-0.1, -0.05) is 24.3 Å². The Labute approximate surface area is 190 Å². The molecule has 0 saturated heterocycles. The van der Waals surface area contributed by atoms with Gasteiger partial charge in [0.05, 0.1) is 25.6 Å². The molecule has 7 heteroatoms. The van der Waals surface area contributed by atoms with Gasteiger partial charge in [0.25, 0.3) is 0 Å². The van der Waals surface area contributed by atoms with Gasteiger partial charge in [0, 0.05) is 32.9 Å². The van der Waals surface area contributed by atoms with Gasteiger partial charge in [0.15, 0.2) is 17.5 Å². The summed E-state index contributed by atoms with van der Waals surface area (Å²) in [6.07, 6.45) is 0.861. The zero-order chi connectivity index (χ0) is 23.1.